The van der Waals surface area contributed by atoms with Crippen molar-refractivity contribution >= 4 is 55.7 Å². The molecule has 2 aromatic carbocycles. The molecule has 0 saturated carbocycles. The van der Waals surface area contributed by atoms with E-state index >= 15 is 0 Å². The second-order valence-corrected chi connectivity index (χ2v) is 9.66. The highest BCUT2D eigenvalue weighted by Crippen LogP contribution is 2.33. The SMILES string of the molecule is COn1c(=O)c(-c2c(Cl)cccc2Cl)cc2cnc(Nc3cccc(S(C)(=O)=O)c3)nc21. The molecular weight excluding hydrogens is 475 g/mol. The van der Waals surface area contributed by atoms with Crippen LogP contribution in [0.15, 0.2) is 64.4 Å². The van der Waals surface area contributed by atoms with Gasteiger partial charge in [0.05, 0.1) is 20.5 Å². The minimum Gasteiger partial charge on any atom is -0.412 e. The van der Waals surface area contributed by atoms with Gasteiger partial charge in [-0.1, -0.05) is 35.3 Å². The smallest absolute Gasteiger partial charge is 0.293 e. The number of benzene rings is 2. The molecule has 11 heteroatoms. The van der Waals surface area contributed by atoms with Crippen molar-refractivity contribution in [3.05, 3.63) is 75.1 Å². The Balaban J connectivity index is 1.83. The van der Waals surface area contributed by atoms with Crippen molar-refractivity contribution in [2.45, 2.75) is 4.90 Å². The maximum atomic E-state index is 13.1. The normalized spacial score (nSPS) is 11.5. The van der Waals surface area contributed by atoms with Gasteiger partial charge in [0.25, 0.3) is 5.56 Å². The lowest BCUT2D eigenvalue weighted by molar-refractivity contribution is 0.168. The molecule has 4 rings (SSSR count). The van der Waals surface area contributed by atoms with E-state index in [2.05, 4.69) is 15.3 Å². The van der Waals surface area contributed by atoms with Crippen molar-refractivity contribution in [2.24, 2.45) is 0 Å². The summed E-state index contributed by atoms with van der Waals surface area (Å²) in [6, 6.07) is 12.8. The molecular formula is C21H16Cl2N4O4S. The predicted molar refractivity (Wildman–Crippen MR) is 125 cm³/mol. The summed E-state index contributed by atoms with van der Waals surface area (Å²) in [5.41, 5.74) is 0.798. The van der Waals surface area contributed by atoms with Gasteiger partial charge in [-0.15, -0.1) is 4.73 Å². The van der Waals surface area contributed by atoms with E-state index in [1.54, 1.807) is 36.4 Å². The molecule has 0 atom stereocenters. The molecule has 0 aliphatic heterocycles. The van der Waals surface area contributed by atoms with Gasteiger partial charge in [-0.3, -0.25) is 4.79 Å². The number of aromatic nitrogens is 3. The largest absolute Gasteiger partial charge is 0.412 e. The molecule has 0 radical (unpaired) electrons. The van der Waals surface area contributed by atoms with Crippen LogP contribution in [0.1, 0.15) is 0 Å². The lowest BCUT2D eigenvalue weighted by atomic mass is 10.1. The number of hydrogen-bond acceptors (Lipinski definition) is 7. The Morgan fingerprint density at radius 2 is 1.75 bits per heavy atom. The van der Waals surface area contributed by atoms with E-state index < -0.39 is 15.4 Å². The molecule has 0 amide bonds. The molecule has 2 aromatic heterocycles. The highest BCUT2D eigenvalue weighted by molar-refractivity contribution is 7.90. The zero-order valence-corrected chi connectivity index (χ0v) is 19.2. The number of hydrogen-bond donors (Lipinski definition) is 1. The van der Waals surface area contributed by atoms with Gasteiger partial charge in [0, 0.05) is 29.1 Å². The van der Waals surface area contributed by atoms with Crippen molar-refractivity contribution in [1.82, 2.24) is 14.7 Å². The molecule has 0 spiro atoms. The lowest BCUT2D eigenvalue weighted by Crippen LogP contribution is -2.27. The standard InChI is InChI=1S/C21H16Cl2N4O4S/c1-31-27-19-12(9-15(20(27)28)18-16(22)7-4-8-17(18)23)11-24-21(26-19)25-13-5-3-6-14(10-13)32(2,29)30/h3-11H,1-2H3,(H,24,25,26). The Kier molecular flexibility index (Phi) is 5.81. The summed E-state index contributed by atoms with van der Waals surface area (Å²) in [7, 11) is -2.04. The van der Waals surface area contributed by atoms with Gasteiger partial charge in [0.15, 0.2) is 15.5 Å². The maximum absolute atomic E-state index is 13.1. The van der Waals surface area contributed by atoms with Gasteiger partial charge in [0.1, 0.15) is 7.11 Å². The van der Waals surface area contributed by atoms with Crippen molar-refractivity contribution in [3.8, 4) is 11.1 Å². The summed E-state index contributed by atoms with van der Waals surface area (Å²) in [5, 5.41) is 4.09. The van der Waals surface area contributed by atoms with E-state index in [4.69, 9.17) is 28.0 Å². The number of rotatable bonds is 5. The van der Waals surface area contributed by atoms with Crippen LogP contribution >= 0.6 is 23.2 Å². The predicted octanol–water partition coefficient (Wildman–Crippen LogP) is 3.97. The van der Waals surface area contributed by atoms with Crippen LogP contribution in [0.4, 0.5) is 11.6 Å². The van der Waals surface area contributed by atoms with Crippen LogP contribution in [-0.4, -0.2) is 36.5 Å². The monoisotopic (exact) mass is 490 g/mol. The Bertz CT molecular complexity index is 1500. The Morgan fingerprint density at radius 3 is 2.41 bits per heavy atom. The number of sulfone groups is 1. The van der Waals surface area contributed by atoms with Crippen LogP contribution in [-0.2, 0) is 9.84 Å². The first kappa shape index (κ1) is 22.1. The topological polar surface area (TPSA) is 103 Å². The van der Waals surface area contributed by atoms with Crippen molar-refractivity contribution in [3.63, 3.8) is 0 Å². The fraction of sp³-hybridized carbons (Fsp3) is 0.0952. The van der Waals surface area contributed by atoms with E-state index in [1.165, 1.54) is 25.4 Å². The number of halogens is 2. The fourth-order valence-electron chi connectivity index (χ4n) is 3.17. The molecule has 0 bridgehead atoms. The zero-order valence-electron chi connectivity index (χ0n) is 16.8. The number of anilines is 2. The van der Waals surface area contributed by atoms with E-state index in [-0.39, 0.29) is 22.1 Å². The summed E-state index contributed by atoms with van der Waals surface area (Å²) in [6.07, 6.45) is 2.63. The van der Waals surface area contributed by atoms with Crippen molar-refractivity contribution < 1.29 is 13.3 Å². The first-order chi connectivity index (χ1) is 15.2. The van der Waals surface area contributed by atoms with Crippen LogP contribution in [0, 0.1) is 0 Å². The molecule has 0 fully saturated rings. The first-order valence-corrected chi connectivity index (χ1v) is 11.8. The highest BCUT2D eigenvalue weighted by atomic mass is 35.5. The average Bonchev–Trinajstić information content (AvgIpc) is 2.74. The molecule has 4 aromatic rings. The fourth-order valence-corrected chi connectivity index (χ4v) is 4.43. The van der Waals surface area contributed by atoms with Crippen LogP contribution in [0.25, 0.3) is 22.2 Å². The average molecular weight is 491 g/mol. The lowest BCUT2D eigenvalue weighted by Gasteiger charge is -2.13. The zero-order chi connectivity index (χ0) is 23.0. The highest BCUT2D eigenvalue weighted by Gasteiger charge is 2.18. The molecule has 2 heterocycles. The molecule has 32 heavy (non-hydrogen) atoms. The second kappa shape index (κ2) is 8.42. The summed E-state index contributed by atoms with van der Waals surface area (Å²) in [6.45, 7) is 0. The molecule has 164 valence electrons. The maximum Gasteiger partial charge on any atom is 0.293 e. The van der Waals surface area contributed by atoms with Gasteiger partial charge < -0.3 is 10.2 Å². The molecule has 1 N–H and O–H groups in total. The van der Waals surface area contributed by atoms with Gasteiger partial charge in [0.2, 0.25) is 5.95 Å². The molecule has 0 aliphatic carbocycles. The van der Waals surface area contributed by atoms with Gasteiger partial charge >= 0.3 is 0 Å². The van der Waals surface area contributed by atoms with Gasteiger partial charge in [-0.25, -0.2) is 13.4 Å². The van der Waals surface area contributed by atoms with Crippen LogP contribution < -0.4 is 15.7 Å². The third-order valence-corrected chi connectivity index (χ3v) is 6.38. The number of fused-ring (bicyclic) bond motifs is 1. The number of nitrogens with one attached hydrogen (secondary N) is 1. The molecule has 0 saturated heterocycles. The van der Waals surface area contributed by atoms with Gasteiger partial charge in [-0.2, -0.15) is 4.98 Å². The first-order valence-electron chi connectivity index (χ1n) is 9.18. The molecule has 0 unspecified atom stereocenters. The third-order valence-electron chi connectivity index (χ3n) is 4.64. The van der Waals surface area contributed by atoms with E-state index in [0.29, 0.717) is 26.7 Å². The Labute approximate surface area is 193 Å². The molecule has 0 aliphatic rings. The third kappa shape index (κ3) is 4.14. The van der Waals surface area contributed by atoms with Gasteiger partial charge in [-0.05, 0) is 36.4 Å². The summed E-state index contributed by atoms with van der Waals surface area (Å²) in [5.74, 6) is 0.150. The summed E-state index contributed by atoms with van der Waals surface area (Å²) in [4.78, 5) is 27.2. The van der Waals surface area contributed by atoms with E-state index in [9.17, 15) is 13.2 Å². The minimum absolute atomic E-state index is 0.150. The summed E-state index contributed by atoms with van der Waals surface area (Å²) >= 11 is 12.6. The van der Waals surface area contributed by atoms with Crippen molar-refractivity contribution in [1.29, 1.82) is 0 Å². The number of nitrogens with zero attached hydrogens (tertiary/aromatic N) is 3. The second-order valence-electron chi connectivity index (χ2n) is 6.83. The van der Waals surface area contributed by atoms with E-state index in [1.807, 2.05) is 0 Å². The summed E-state index contributed by atoms with van der Waals surface area (Å²) < 4.78 is 24.6. The number of pyridine rings is 1. The quantitative estimate of drug-likeness (QED) is 0.451. The minimum atomic E-state index is -3.37. The van der Waals surface area contributed by atoms with E-state index in [0.717, 1.165) is 11.0 Å². The molecule has 8 nitrogen and oxygen atoms in total. The van der Waals surface area contributed by atoms with Crippen LogP contribution in [0.3, 0.4) is 0 Å². The van der Waals surface area contributed by atoms with Crippen LogP contribution in [0.2, 0.25) is 10.0 Å². The Morgan fingerprint density at radius 1 is 1.06 bits per heavy atom. The Hall–Kier alpha value is -3.14. The van der Waals surface area contributed by atoms with Crippen molar-refractivity contribution in [2.75, 3.05) is 18.7 Å². The van der Waals surface area contributed by atoms with Crippen LogP contribution in [0.5, 0.6) is 0 Å².